The number of aromatic nitrogens is 2. The van der Waals surface area contributed by atoms with Crippen molar-refractivity contribution >= 4 is 11.8 Å². The molecule has 2 aromatic rings. The van der Waals surface area contributed by atoms with Crippen LogP contribution < -0.4 is 27.4 Å². The molecule has 1 unspecified atom stereocenters. The number of fused-ring (bicyclic) bond motifs is 1. The van der Waals surface area contributed by atoms with Crippen molar-refractivity contribution in [3.8, 4) is 5.69 Å². The number of nitrogens with one attached hydrogen (secondary N) is 3. The first kappa shape index (κ1) is 22.1. The second-order valence-electron chi connectivity index (χ2n) is 9.46. The number of anilines is 1. The van der Waals surface area contributed by atoms with E-state index in [4.69, 9.17) is 5.73 Å². The Labute approximate surface area is 193 Å². The molecule has 0 spiro atoms. The fourth-order valence-electron chi connectivity index (χ4n) is 5.26. The van der Waals surface area contributed by atoms with Gasteiger partial charge in [-0.2, -0.15) is 4.98 Å². The van der Waals surface area contributed by atoms with Gasteiger partial charge in [0.15, 0.2) is 0 Å². The molecule has 1 aromatic carbocycles. The lowest BCUT2D eigenvalue weighted by molar-refractivity contribution is 0.204. The highest BCUT2D eigenvalue weighted by molar-refractivity contribution is 5.88. The highest BCUT2D eigenvalue weighted by Crippen LogP contribution is 2.26. The molecule has 33 heavy (non-hydrogen) atoms. The Kier molecular flexibility index (Phi) is 6.43. The Balaban J connectivity index is 1.24. The molecule has 1 aliphatic heterocycles. The van der Waals surface area contributed by atoms with Gasteiger partial charge < -0.3 is 21.3 Å². The predicted octanol–water partition coefficient (Wildman–Crippen LogP) is 0.996. The summed E-state index contributed by atoms with van der Waals surface area (Å²) in [6, 6.07) is 9.03. The van der Waals surface area contributed by atoms with Crippen LogP contribution in [0.15, 0.2) is 35.3 Å². The molecule has 2 fully saturated rings. The third-order valence-corrected chi connectivity index (χ3v) is 7.08. The number of amides is 2. The first-order chi connectivity index (χ1) is 16.0. The van der Waals surface area contributed by atoms with E-state index in [1.807, 2.05) is 6.07 Å². The molecule has 9 nitrogen and oxygen atoms in total. The fraction of sp³-hybridized carbons (Fsp3) is 0.542. The van der Waals surface area contributed by atoms with Gasteiger partial charge in [-0.05, 0) is 67.9 Å². The molecular weight excluding hydrogens is 418 g/mol. The lowest BCUT2D eigenvalue weighted by Gasteiger charge is -2.29. The maximum atomic E-state index is 12.7. The van der Waals surface area contributed by atoms with E-state index in [-0.39, 0.29) is 11.8 Å². The molecule has 1 saturated carbocycles. The Hall–Kier alpha value is -2.75. The number of hydrogen-bond donors (Lipinski definition) is 4. The molecule has 2 heterocycles. The van der Waals surface area contributed by atoms with Crippen molar-refractivity contribution in [1.82, 2.24) is 25.1 Å². The van der Waals surface area contributed by atoms with Gasteiger partial charge in [-0.25, -0.2) is 9.59 Å². The molecule has 3 atom stereocenters. The standard InChI is InChI=1S/C24H33N7O2/c25-18-3-5-20(15-18)27-19-4-1-17-14-21(6-2-16(17)13-19)31-10-7-22(29-24(31)33)28-23(32)30-11-8-26-9-12-30/h2,6-7,10,14,18-20,26-27H,1,3-5,8-9,11-13,15,25H2,(H,28,29,32,33)/t18-,19?,20-/m1/s1. The van der Waals surface area contributed by atoms with E-state index in [2.05, 4.69) is 33.1 Å². The first-order valence-corrected chi connectivity index (χ1v) is 12.1. The minimum absolute atomic E-state index is 0.224. The number of nitrogens with zero attached hydrogens (tertiary/aromatic N) is 3. The van der Waals surface area contributed by atoms with Crippen molar-refractivity contribution in [3.05, 3.63) is 52.1 Å². The van der Waals surface area contributed by atoms with Gasteiger partial charge in [-0.3, -0.25) is 9.88 Å². The molecule has 5 N–H and O–H groups in total. The highest BCUT2D eigenvalue weighted by Gasteiger charge is 2.26. The lowest BCUT2D eigenvalue weighted by Crippen LogP contribution is -2.48. The largest absolute Gasteiger partial charge is 0.354 e. The molecule has 2 amide bonds. The van der Waals surface area contributed by atoms with Crippen LogP contribution in [-0.4, -0.2) is 64.8 Å². The summed E-state index contributed by atoms with van der Waals surface area (Å²) < 4.78 is 1.53. The van der Waals surface area contributed by atoms with Crippen LogP contribution in [0.1, 0.15) is 36.8 Å². The third-order valence-electron chi connectivity index (χ3n) is 7.08. The van der Waals surface area contributed by atoms with E-state index in [9.17, 15) is 9.59 Å². The van der Waals surface area contributed by atoms with Gasteiger partial charge in [0.25, 0.3) is 0 Å². The van der Waals surface area contributed by atoms with Crippen LogP contribution in [0.4, 0.5) is 10.6 Å². The zero-order valence-electron chi connectivity index (χ0n) is 18.9. The average Bonchev–Trinajstić information content (AvgIpc) is 3.24. The SMILES string of the molecule is N[C@@H]1CC[C@@H](NC2CCc3cc(-n4ccc(NC(=O)N5CCNCC5)nc4=O)ccc3C2)C1. The summed E-state index contributed by atoms with van der Waals surface area (Å²) in [7, 11) is 0. The van der Waals surface area contributed by atoms with Crippen LogP contribution in [0.2, 0.25) is 0 Å². The lowest BCUT2D eigenvalue weighted by atomic mass is 9.87. The minimum atomic E-state index is -0.402. The van der Waals surface area contributed by atoms with Gasteiger partial charge in [0.1, 0.15) is 5.82 Å². The van der Waals surface area contributed by atoms with Crippen molar-refractivity contribution in [2.24, 2.45) is 5.73 Å². The Morgan fingerprint density at radius 1 is 1.09 bits per heavy atom. The van der Waals surface area contributed by atoms with E-state index in [1.54, 1.807) is 17.2 Å². The van der Waals surface area contributed by atoms with Crippen LogP contribution in [0.25, 0.3) is 5.69 Å². The summed E-state index contributed by atoms with van der Waals surface area (Å²) in [6.45, 7) is 2.82. The topological polar surface area (TPSA) is 117 Å². The summed E-state index contributed by atoms with van der Waals surface area (Å²) in [6.07, 6.45) is 8.12. The molecule has 0 radical (unpaired) electrons. The van der Waals surface area contributed by atoms with E-state index in [0.717, 1.165) is 50.9 Å². The molecular formula is C24H33N7O2. The Bertz CT molecular complexity index is 1060. The number of urea groups is 1. The normalized spacial score (nSPS) is 25.0. The van der Waals surface area contributed by atoms with Crippen molar-refractivity contribution in [3.63, 3.8) is 0 Å². The first-order valence-electron chi connectivity index (χ1n) is 12.1. The van der Waals surface area contributed by atoms with E-state index >= 15 is 0 Å². The Morgan fingerprint density at radius 2 is 1.94 bits per heavy atom. The smallest absolute Gasteiger partial charge is 0.328 e. The Morgan fingerprint density at radius 3 is 2.70 bits per heavy atom. The zero-order chi connectivity index (χ0) is 22.8. The van der Waals surface area contributed by atoms with E-state index in [1.165, 1.54) is 22.1 Å². The van der Waals surface area contributed by atoms with Crippen molar-refractivity contribution in [2.45, 2.75) is 56.7 Å². The van der Waals surface area contributed by atoms with Crippen LogP contribution >= 0.6 is 0 Å². The number of rotatable bonds is 4. The molecule has 1 aromatic heterocycles. The second kappa shape index (κ2) is 9.62. The molecule has 176 valence electrons. The monoisotopic (exact) mass is 451 g/mol. The second-order valence-corrected chi connectivity index (χ2v) is 9.46. The number of benzene rings is 1. The molecule has 3 aliphatic rings. The molecule has 1 saturated heterocycles. The van der Waals surface area contributed by atoms with Crippen LogP contribution in [0.5, 0.6) is 0 Å². The van der Waals surface area contributed by atoms with Gasteiger partial charge in [-0.15, -0.1) is 0 Å². The molecule has 2 aliphatic carbocycles. The zero-order valence-corrected chi connectivity index (χ0v) is 18.9. The van der Waals surface area contributed by atoms with Gasteiger partial charge in [0, 0.05) is 50.5 Å². The van der Waals surface area contributed by atoms with E-state index in [0.29, 0.717) is 31.2 Å². The maximum Gasteiger partial charge on any atom is 0.354 e. The number of aryl methyl sites for hydroxylation is 1. The highest BCUT2D eigenvalue weighted by atomic mass is 16.2. The maximum absolute atomic E-state index is 12.7. The van der Waals surface area contributed by atoms with Gasteiger partial charge >= 0.3 is 11.7 Å². The number of hydrogen-bond acceptors (Lipinski definition) is 6. The summed E-state index contributed by atoms with van der Waals surface area (Å²) in [5, 5.41) is 9.75. The number of piperazine rings is 1. The van der Waals surface area contributed by atoms with Crippen molar-refractivity contribution in [1.29, 1.82) is 0 Å². The summed E-state index contributed by atoms with van der Waals surface area (Å²) >= 11 is 0. The number of carbonyl (C=O) groups excluding carboxylic acids is 1. The van der Waals surface area contributed by atoms with Crippen LogP contribution in [0, 0.1) is 0 Å². The quantitative estimate of drug-likeness (QED) is 0.551. The minimum Gasteiger partial charge on any atom is -0.328 e. The average molecular weight is 452 g/mol. The molecule has 9 heteroatoms. The third kappa shape index (κ3) is 5.10. The number of nitrogens with two attached hydrogens (primary N) is 1. The molecule has 5 rings (SSSR count). The van der Waals surface area contributed by atoms with Gasteiger partial charge in [0.2, 0.25) is 0 Å². The summed E-state index contributed by atoms with van der Waals surface area (Å²) in [4.78, 5) is 30.9. The molecule has 0 bridgehead atoms. The summed E-state index contributed by atoms with van der Waals surface area (Å²) in [5.41, 5.74) is 9.09. The summed E-state index contributed by atoms with van der Waals surface area (Å²) in [5.74, 6) is 0.276. The van der Waals surface area contributed by atoms with Gasteiger partial charge in [-0.1, -0.05) is 6.07 Å². The fourth-order valence-corrected chi connectivity index (χ4v) is 5.26. The predicted molar refractivity (Wildman–Crippen MR) is 128 cm³/mol. The number of carbonyl (C=O) groups is 1. The van der Waals surface area contributed by atoms with Crippen LogP contribution in [0.3, 0.4) is 0 Å². The van der Waals surface area contributed by atoms with Crippen LogP contribution in [-0.2, 0) is 12.8 Å². The van der Waals surface area contributed by atoms with E-state index < -0.39 is 5.69 Å². The van der Waals surface area contributed by atoms with Crippen molar-refractivity contribution in [2.75, 3.05) is 31.5 Å². The van der Waals surface area contributed by atoms with Crippen molar-refractivity contribution < 1.29 is 4.79 Å². The van der Waals surface area contributed by atoms with Gasteiger partial charge in [0.05, 0.1) is 5.69 Å².